The highest BCUT2D eigenvalue weighted by atomic mass is 15.0. The van der Waals surface area contributed by atoms with E-state index in [9.17, 15) is 0 Å². The molecule has 8 nitrogen and oxygen atoms in total. The standard InChI is InChI=1S/C69H60N8/c1-70-37-21-53(22-38-70)57-29-45-74(46-30-57)65-13-5-61(6-14-65)69(62-7-15-66(16-8-62)75-47-31-58(32-48-75)54-23-39-71(2)40-24-54,63-9-17-67(18-10-63)76-49-33-59(34-50-76)55-25-41-72(3)42-26-55)64-11-19-68(20-12-64)77-51-35-60(36-52-77)56-27-43-73(4)44-28-56/h5-52H,1-4H3/q+8. The van der Waals surface area contributed by atoms with E-state index in [2.05, 4.69) is 330 Å². The third kappa shape index (κ3) is 9.84. The van der Waals surface area contributed by atoms with Crippen LogP contribution >= 0.6 is 0 Å². The van der Waals surface area contributed by atoms with Gasteiger partial charge in [-0.1, -0.05) is 48.5 Å². The molecule has 0 bridgehead atoms. The van der Waals surface area contributed by atoms with E-state index in [0.717, 1.165) is 45.0 Å². The van der Waals surface area contributed by atoms with Gasteiger partial charge in [-0.15, -0.1) is 0 Å². The van der Waals surface area contributed by atoms with Crippen molar-refractivity contribution in [2.75, 3.05) is 0 Å². The van der Waals surface area contributed by atoms with Crippen LogP contribution in [0.3, 0.4) is 0 Å². The first-order chi connectivity index (χ1) is 37.7. The van der Waals surface area contributed by atoms with E-state index in [-0.39, 0.29) is 0 Å². The molecule has 0 saturated heterocycles. The summed E-state index contributed by atoms with van der Waals surface area (Å²) in [5, 5.41) is 0. The molecule has 0 aliphatic rings. The highest BCUT2D eigenvalue weighted by molar-refractivity contribution is 5.65. The summed E-state index contributed by atoms with van der Waals surface area (Å²) in [4.78, 5) is 0. The van der Waals surface area contributed by atoms with E-state index >= 15 is 0 Å². The zero-order chi connectivity index (χ0) is 52.3. The highest BCUT2D eigenvalue weighted by Gasteiger charge is 2.39. The number of pyridine rings is 8. The summed E-state index contributed by atoms with van der Waals surface area (Å²) in [6.07, 6.45) is 33.9. The van der Waals surface area contributed by atoms with Crippen LogP contribution in [0.1, 0.15) is 22.3 Å². The lowest BCUT2D eigenvalue weighted by atomic mass is 9.65. The van der Waals surface area contributed by atoms with E-state index in [0.29, 0.717) is 0 Å². The van der Waals surface area contributed by atoms with Crippen molar-refractivity contribution in [3.05, 3.63) is 316 Å². The minimum Gasteiger partial charge on any atom is -0.208 e. The monoisotopic (exact) mass is 1000 g/mol. The lowest BCUT2D eigenvalue weighted by Crippen LogP contribution is -2.34. The maximum Gasteiger partial charge on any atom is 0.210 e. The van der Waals surface area contributed by atoms with Crippen LogP contribution < -0.4 is 36.5 Å². The molecule has 12 rings (SSSR count). The Balaban J connectivity index is 0.970. The predicted octanol–water partition coefficient (Wildman–Crippen LogP) is 9.14. The average molecular weight is 1000 g/mol. The van der Waals surface area contributed by atoms with Gasteiger partial charge in [0.25, 0.3) is 0 Å². The van der Waals surface area contributed by atoms with Gasteiger partial charge in [-0.3, -0.25) is 0 Å². The molecule has 0 atom stereocenters. The summed E-state index contributed by atoms with van der Waals surface area (Å²) < 4.78 is 17.0. The first-order valence-corrected chi connectivity index (χ1v) is 26.1. The number of nitrogens with zero attached hydrogens (tertiary/aromatic N) is 8. The lowest BCUT2D eigenvalue weighted by Gasteiger charge is -2.36. The van der Waals surface area contributed by atoms with Crippen molar-refractivity contribution >= 4 is 0 Å². The number of hydrogen-bond acceptors (Lipinski definition) is 0. The van der Waals surface area contributed by atoms with Gasteiger partial charge in [0, 0.05) is 146 Å². The van der Waals surface area contributed by atoms with Crippen molar-refractivity contribution in [2.24, 2.45) is 28.2 Å². The van der Waals surface area contributed by atoms with Gasteiger partial charge in [-0.25, -0.2) is 18.3 Å². The van der Waals surface area contributed by atoms with E-state index < -0.39 is 5.41 Å². The van der Waals surface area contributed by atoms with Gasteiger partial charge in [0.15, 0.2) is 99.1 Å². The molecule has 0 aliphatic heterocycles. The van der Waals surface area contributed by atoms with Crippen LogP contribution in [-0.4, -0.2) is 0 Å². The van der Waals surface area contributed by atoms with Crippen molar-refractivity contribution in [1.29, 1.82) is 0 Å². The first kappa shape index (κ1) is 48.0. The van der Waals surface area contributed by atoms with Gasteiger partial charge >= 0.3 is 0 Å². The molecule has 77 heavy (non-hydrogen) atoms. The molecule has 0 N–H and O–H groups in total. The van der Waals surface area contributed by atoms with Gasteiger partial charge < -0.3 is 0 Å². The molecule has 4 aromatic carbocycles. The molecule has 8 heteroatoms. The second-order valence-electron chi connectivity index (χ2n) is 19.9. The van der Waals surface area contributed by atoms with E-state index in [1.54, 1.807) is 0 Å². The van der Waals surface area contributed by atoms with Crippen LogP contribution in [-0.2, 0) is 33.6 Å². The Bertz CT molecular complexity index is 3400. The van der Waals surface area contributed by atoms with Crippen LogP contribution in [0.2, 0.25) is 0 Å². The zero-order valence-electron chi connectivity index (χ0n) is 43.8. The maximum atomic E-state index is 2.31. The van der Waals surface area contributed by atoms with Crippen LogP contribution in [0.15, 0.2) is 293 Å². The van der Waals surface area contributed by atoms with Crippen molar-refractivity contribution in [2.45, 2.75) is 5.41 Å². The summed E-state index contributed by atoms with van der Waals surface area (Å²) in [7, 11) is 8.17. The lowest BCUT2D eigenvalue weighted by molar-refractivity contribution is -0.671. The second kappa shape index (κ2) is 20.8. The van der Waals surface area contributed by atoms with Crippen LogP contribution in [0, 0.1) is 0 Å². The minimum atomic E-state index is -0.736. The number of benzene rings is 4. The maximum absolute atomic E-state index is 2.31. The second-order valence-corrected chi connectivity index (χ2v) is 19.9. The average Bonchev–Trinajstić information content (AvgIpc) is 3.51. The molecule has 8 aromatic heterocycles. The van der Waals surface area contributed by atoms with Crippen LogP contribution in [0.5, 0.6) is 0 Å². The van der Waals surface area contributed by atoms with Crippen molar-refractivity contribution in [3.63, 3.8) is 0 Å². The molecule has 8 heterocycles. The Morgan fingerprint density at radius 3 is 0.481 bits per heavy atom. The van der Waals surface area contributed by atoms with E-state index in [4.69, 9.17) is 0 Å². The summed E-state index contributed by atoms with van der Waals surface area (Å²) in [5.41, 5.74) is 17.6. The Labute approximate surface area is 450 Å². The number of rotatable bonds is 12. The SMILES string of the molecule is C[n+]1ccc(-c2cc[n+](-c3ccc(C(c4ccc(-[n+]5ccc(-c6cc[n+](C)cc6)cc5)cc4)(c4ccc(-[n+]5ccc(-c6cc[n+](C)cc6)cc5)cc4)c4ccc(-[n+]5ccc(-c6cc[n+](C)cc6)cc5)cc4)cc3)cc2)cc1. The number of aromatic nitrogens is 8. The normalized spacial score (nSPS) is 11.4. The van der Waals surface area contributed by atoms with E-state index in [1.807, 2.05) is 28.2 Å². The zero-order valence-corrected chi connectivity index (χ0v) is 43.8. The third-order valence-electron chi connectivity index (χ3n) is 15.0. The molecular formula is C69H60N8+8. The Kier molecular flexibility index (Phi) is 13.0. The Morgan fingerprint density at radius 2 is 0.325 bits per heavy atom. The summed E-state index contributed by atoms with van der Waals surface area (Å²) in [6, 6.07) is 71.2. The number of aryl methyl sites for hydroxylation is 4. The van der Waals surface area contributed by atoms with Crippen LogP contribution in [0.25, 0.3) is 67.3 Å². The van der Waals surface area contributed by atoms with Gasteiger partial charge in [0.1, 0.15) is 28.2 Å². The van der Waals surface area contributed by atoms with E-state index in [1.165, 1.54) is 44.5 Å². The Hall–Kier alpha value is -9.92. The van der Waals surface area contributed by atoms with Crippen LogP contribution in [0.4, 0.5) is 0 Å². The molecule has 0 amide bonds. The molecule has 0 unspecified atom stereocenters. The van der Waals surface area contributed by atoms with Gasteiger partial charge in [-0.2, -0.15) is 18.3 Å². The van der Waals surface area contributed by atoms with Crippen molar-refractivity contribution < 1.29 is 36.5 Å². The summed E-state index contributed by atoms with van der Waals surface area (Å²) in [6.45, 7) is 0. The molecule has 368 valence electrons. The largest absolute Gasteiger partial charge is 0.210 e. The Morgan fingerprint density at radius 1 is 0.182 bits per heavy atom. The molecule has 12 aromatic rings. The predicted molar refractivity (Wildman–Crippen MR) is 297 cm³/mol. The molecule has 0 spiro atoms. The fourth-order valence-corrected chi connectivity index (χ4v) is 10.5. The fraction of sp³-hybridized carbons (Fsp3) is 0.0725. The molecule has 0 saturated carbocycles. The first-order valence-electron chi connectivity index (χ1n) is 26.1. The summed E-state index contributed by atoms with van der Waals surface area (Å²) >= 11 is 0. The van der Waals surface area contributed by atoms with Gasteiger partial charge in [0.05, 0.1) is 5.41 Å². The van der Waals surface area contributed by atoms with Gasteiger partial charge in [0.2, 0.25) is 22.7 Å². The quantitative estimate of drug-likeness (QED) is 0.0865. The molecule has 0 fully saturated rings. The molecule has 0 aliphatic carbocycles. The summed E-state index contributed by atoms with van der Waals surface area (Å²) in [5.74, 6) is 0. The topological polar surface area (TPSA) is 31.0 Å². The van der Waals surface area contributed by atoms with Gasteiger partial charge in [-0.05, 0) is 66.8 Å². The van der Waals surface area contributed by atoms with Crippen molar-refractivity contribution in [3.8, 4) is 67.3 Å². The number of hydrogen-bond donors (Lipinski definition) is 0. The fourth-order valence-electron chi connectivity index (χ4n) is 10.5. The molecule has 0 radical (unpaired) electrons. The molecular weight excluding hydrogens is 941 g/mol. The van der Waals surface area contributed by atoms with Crippen molar-refractivity contribution in [1.82, 2.24) is 0 Å². The third-order valence-corrected chi connectivity index (χ3v) is 15.0. The smallest absolute Gasteiger partial charge is 0.208 e. The minimum absolute atomic E-state index is 0.736. The highest BCUT2D eigenvalue weighted by Crippen LogP contribution is 2.46.